The zero-order chi connectivity index (χ0) is 10.0. The van der Waals surface area contributed by atoms with Crippen LogP contribution in [0, 0.1) is 0 Å². The Hall–Kier alpha value is -1.00. The van der Waals surface area contributed by atoms with E-state index in [1.807, 2.05) is 0 Å². The van der Waals surface area contributed by atoms with Crippen LogP contribution in [-0.2, 0) is 14.3 Å². The first kappa shape index (κ1) is 10.1. The lowest BCUT2D eigenvalue weighted by Crippen LogP contribution is -2.16. The summed E-state index contributed by atoms with van der Waals surface area (Å²) < 4.78 is 4.23. The second-order valence-corrected chi connectivity index (χ2v) is 3.12. The molecule has 1 aliphatic rings. The third-order valence-corrected chi connectivity index (χ3v) is 1.77. The Balaban J connectivity index is 3.07. The minimum absolute atomic E-state index is 0.0347. The van der Waals surface area contributed by atoms with Gasteiger partial charge in [0, 0.05) is 6.08 Å². The molecule has 1 aliphatic heterocycles. The molecule has 1 rings (SSSR count). The molecule has 0 atom stereocenters. The molecule has 0 aliphatic carbocycles. The molecule has 0 fully saturated rings. The second kappa shape index (κ2) is 3.81. The van der Waals surface area contributed by atoms with Gasteiger partial charge in [0.25, 0.3) is 0 Å². The van der Waals surface area contributed by atoms with Crippen molar-refractivity contribution in [3.8, 4) is 0 Å². The van der Waals surface area contributed by atoms with Crippen LogP contribution in [-0.4, -0.2) is 19.0 Å². The van der Waals surface area contributed by atoms with Crippen LogP contribution in [0.1, 0.15) is 0 Å². The average molecular weight is 222 g/mol. The molecular weight excluding hydrogens is 217 g/mol. The standard InChI is InChI=1S/C7H5Cl2NO3/c1-13-7(12)3-2-4(11)10-5(3)6(8)9/h2H,1H3,(H,10,11). The highest BCUT2D eigenvalue weighted by Crippen LogP contribution is 2.23. The van der Waals surface area contributed by atoms with Crippen molar-refractivity contribution in [2.24, 2.45) is 0 Å². The van der Waals surface area contributed by atoms with Crippen LogP contribution >= 0.6 is 23.2 Å². The molecule has 0 saturated heterocycles. The lowest BCUT2D eigenvalue weighted by atomic mass is 10.2. The third-order valence-electron chi connectivity index (χ3n) is 1.39. The Kier molecular flexibility index (Phi) is 2.95. The Morgan fingerprint density at radius 2 is 2.15 bits per heavy atom. The summed E-state index contributed by atoms with van der Waals surface area (Å²) in [4.78, 5) is 21.9. The van der Waals surface area contributed by atoms with E-state index in [9.17, 15) is 9.59 Å². The van der Waals surface area contributed by atoms with Gasteiger partial charge in [-0.05, 0) is 0 Å². The summed E-state index contributed by atoms with van der Waals surface area (Å²) >= 11 is 10.9. The van der Waals surface area contributed by atoms with E-state index in [2.05, 4.69) is 10.1 Å². The maximum atomic E-state index is 11.0. The molecule has 1 N–H and O–H groups in total. The SMILES string of the molecule is COC(=O)C1=CC(=O)NC1=C(Cl)Cl. The smallest absolute Gasteiger partial charge is 0.340 e. The van der Waals surface area contributed by atoms with E-state index in [4.69, 9.17) is 23.2 Å². The molecule has 1 amide bonds. The largest absolute Gasteiger partial charge is 0.465 e. The van der Waals surface area contributed by atoms with Crippen molar-refractivity contribution in [3.63, 3.8) is 0 Å². The van der Waals surface area contributed by atoms with Crippen molar-refractivity contribution in [3.05, 3.63) is 21.8 Å². The van der Waals surface area contributed by atoms with E-state index >= 15 is 0 Å². The molecule has 70 valence electrons. The van der Waals surface area contributed by atoms with E-state index in [-0.39, 0.29) is 15.8 Å². The zero-order valence-corrected chi connectivity index (χ0v) is 8.07. The van der Waals surface area contributed by atoms with Gasteiger partial charge in [-0.15, -0.1) is 0 Å². The van der Waals surface area contributed by atoms with Gasteiger partial charge in [-0.2, -0.15) is 0 Å². The van der Waals surface area contributed by atoms with E-state index in [0.29, 0.717) is 0 Å². The van der Waals surface area contributed by atoms with Crippen LogP contribution in [0.4, 0.5) is 0 Å². The van der Waals surface area contributed by atoms with Crippen LogP contribution in [0.3, 0.4) is 0 Å². The molecule has 0 radical (unpaired) electrons. The van der Waals surface area contributed by atoms with Crippen molar-refractivity contribution in [1.29, 1.82) is 0 Å². The van der Waals surface area contributed by atoms with E-state index < -0.39 is 11.9 Å². The normalized spacial score (nSPS) is 15.2. The fourth-order valence-corrected chi connectivity index (χ4v) is 1.15. The summed E-state index contributed by atoms with van der Waals surface area (Å²) in [6.45, 7) is 0. The summed E-state index contributed by atoms with van der Waals surface area (Å²) in [5.74, 6) is -1.11. The Labute approximate surface area is 84.1 Å². The van der Waals surface area contributed by atoms with Gasteiger partial charge in [0.15, 0.2) is 0 Å². The van der Waals surface area contributed by atoms with Crippen molar-refractivity contribution in [1.82, 2.24) is 5.32 Å². The summed E-state index contributed by atoms with van der Waals surface area (Å²) in [6.07, 6.45) is 1.08. The van der Waals surface area contributed by atoms with Crippen LogP contribution in [0.2, 0.25) is 0 Å². The second-order valence-electron chi connectivity index (χ2n) is 2.17. The van der Waals surface area contributed by atoms with Crippen LogP contribution in [0.15, 0.2) is 21.8 Å². The molecule has 13 heavy (non-hydrogen) atoms. The number of hydrogen-bond acceptors (Lipinski definition) is 3. The number of ether oxygens (including phenoxy) is 1. The van der Waals surface area contributed by atoms with Crippen molar-refractivity contribution in [2.75, 3.05) is 7.11 Å². The first-order valence-electron chi connectivity index (χ1n) is 3.23. The molecular formula is C7H5Cl2NO3. The fraction of sp³-hybridized carbons (Fsp3) is 0.143. The number of rotatable bonds is 1. The van der Waals surface area contributed by atoms with Gasteiger partial charge in [-0.3, -0.25) is 4.79 Å². The molecule has 0 aromatic heterocycles. The van der Waals surface area contributed by atoms with Crippen LogP contribution < -0.4 is 5.32 Å². The van der Waals surface area contributed by atoms with Crippen LogP contribution in [0.5, 0.6) is 0 Å². The fourth-order valence-electron chi connectivity index (χ4n) is 0.850. The maximum absolute atomic E-state index is 11.0. The van der Waals surface area contributed by atoms with Gasteiger partial charge in [0.05, 0.1) is 18.4 Å². The number of hydrogen-bond donors (Lipinski definition) is 1. The third kappa shape index (κ3) is 2.02. The van der Waals surface area contributed by atoms with Crippen molar-refractivity contribution in [2.45, 2.75) is 0 Å². The van der Waals surface area contributed by atoms with Gasteiger partial charge >= 0.3 is 5.97 Å². The Morgan fingerprint density at radius 3 is 2.62 bits per heavy atom. The van der Waals surface area contributed by atoms with E-state index in [1.54, 1.807) is 0 Å². The molecule has 0 bridgehead atoms. The molecule has 0 unspecified atom stereocenters. The molecule has 0 aromatic carbocycles. The van der Waals surface area contributed by atoms with Gasteiger partial charge in [0.2, 0.25) is 5.91 Å². The Bertz CT molecular complexity index is 329. The Morgan fingerprint density at radius 1 is 1.54 bits per heavy atom. The molecule has 0 saturated carbocycles. The minimum Gasteiger partial charge on any atom is -0.465 e. The number of methoxy groups -OCH3 is 1. The number of nitrogens with one attached hydrogen (secondary N) is 1. The predicted octanol–water partition coefficient (Wildman–Crippen LogP) is 0.862. The maximum Gasteiger partial charge on any atom is 0.340 e. The highest BCUT2D eigenvalue weighted by molar-refractivity contribution is 6.56. The van der Waals surface area contributed by atoms with E-state index in [0.717, 1.165) is 6.08 Å². The first-order valence-corrected chi connectivity index (χ1v) is 3.98. The number of amides is 1. The topological polar surface area (TPSA) is 55.4 Å². The van der Waals surface area contributed by atoms with Crippen molar-refractivity contribution < 1.29 is 14.3 Å². The molecule has 6 heteroatoms. The molecule has 1 heterocycles. The van der Waals surface area contributed by atoms with Crippen LogP contribution in [0.25, 0.3) is 0 Å². The van der Waals surface area contributed by atoms with Gasteiger partial charge in [0.1, 0.15) is 4.49 Å². The summed E-state index contributed by atoms with van der Waals surface area (Å²) in [5, 5.41) is 2.30. The first-order chi connectivity index (χ1) is 6.06. The highest BCUT2D eigenvalue weighted by atomic mass is 35.5. The monoisotopic (exact) mass is 221 g/mol. The van der Waals surface area contributed by atoms with Gasteiger partial charge < -0.3 is 10.1 Å². The molecule has 4 nitrogen and oxygen atoms in total. The summed E-state index contributed by atoms with van der Waals surface area (Å²) in [6, 6.07) is 0. The highest BCUT2D eigenvalue weighted by Gasteiger charge is 2.26. The summed E-state index contributed by atoms with van der Waals surface area (Å²) in [5.41, 5.74) is 0.118. The quantitative estimate of drug-likeness (QED) is 0.669. The number of halogens is 2. The van der Waals surface area contributed by atoms with Gasteiger partial charge in [-0.25, -0.2) is 4.79 Å². The number of carbonyl (C=O) groups is 2. The van der Waals surface area contributed by atoms with Gasteiger partial charge in [-0.1, -0.05) is 23.2 Å². The predicted molar refractivity (Wildman–Crippen MR) is 47.0 cm³/mol. The molecule has 0 spiro atoms. The zero-order valence-electron chi connectivity index (χ0n) is 6.56. The summed E-state index contributed by atoms with van der Waals surface area (Å²) in [7, 11) is 1.20. The molecule has 0 aromatic rings. The number of esters is 1. The minimum atomic E-state index is -0.660. The lowest BCUT2D eigenvalue weighted by Gasteiger charge is -2.02. The average Bonchev–Trinajstić information content (AvgIpc) is 2.46. The number of carbonyl (C=O) groups excluding carboxylic acids is 2. The lowest BCUT2D eigenvalue weighted by molar-refractivity contribution is -0.135. The van der Waals surface area contributed by atoms with E-state index in [1.165, 1.54) is 7.11 Å². The van der Waals surface area contributed by atoms with Crippen molar-refractivity contribution >= 4 is 35.1 Å².